The Morgan fingerprint density at radius 2 is 2.20 bits per heavy atom. The molecular weight excluding hydrogens is 80.1 g/mol. The summed E-state index contributed by atoms with van der Waals surface area (Å²) in [6, 6.07) is 1.00. The molecule has 0 fully saturated rings. The molecule has 0 aromatic heterocycles. The Morgan fingerprint density at radius 3 is 2.20 bits per heavy atom. The molecule has 1 N–H and O–H groups in total. The molecule has 32 valence electrons. The van der Waals surface area contributed by atoms with E-state index in [1.807, 2.05) is 6.92 Å². The minimum absolute atomic E-state index is 0.0540. The number of rotatable bonds is 1. The Hall–Kier alpha value is 0.177. The van der Waals surface area contributed by atoms with Crippen molar-refractivity contribution in [3.63, 3.8) is 0 Å². The number of aliphatic hydroxyl groups is 1. The molecule has 1 nitrogen and oxygen atoms in total. The first-order valence-corrected chi connectivity index (χ1v) is 3.37. The molecule has 1 unspecified atom stereocenters. The van der Waals surface area contributed by atoms with Crippen LogP contribution in [0.2, 0.25) is 6.04 Å². The Morgan fingerprint density at radius 1 is 2.00 bits per heavy atom. The molecule has 0 aromatic rings. The van der Waals surface area contributed by atoms with Gasteiger partial charge in [-0.2, -0.15) is 0 Å². The Bertz CT molecular complexity index is 20.9. The molecule has 1 atom stereocenters. The molecule has 0 radical (unpaired) electrons. The predicted octanol–water partition coefficient (Wildman–Crippen LogP) is -0.849. The first-order chi connectivity index (χ1) is 2.27. The molecule has 0 aliphatic carbocycles. The van der Waals surface area contributed by atoms with Gasteiger partial charge in [0.15, 0.2) is 0 Å². The molecular formula is C3H10OSi. The Balaban J connectivity index is 2.54. The van der Waals surface area contributed by atoms with Crippen LogP contribution in [-0.2, 0) is 0 Å². The summed E-state index contributed by atoms with van der Waals surface area (Å²) in [5.74, 6) is 0. The van der Waals surface area contributed by atoms with Crippen LogP contribution in [0.5, 0.6) is 0 Å². The van der Waals surface area contributed by atoms with E-state index in [1.54, 1.807) is 0 Å². The van der Waals surface area contributed by atoms with Gasteiger partial charge in [-0.25, -0.2) is 0 Å². The van der Waals surface area contributed by atoms with Gasteiger partial charge in [0.1, 0.15) is 0 Å². The number of hydrogen-bond donors (Lipinski definition) is 1. The summed E-state index contributed by atoms with van der Waals surface area (Å²) in [5, 5.41) is 8.40. The van der Waals surface area contributed by atoms with Crippen LogP contribution in [0.4, 0.5) is 0 Å². The van der Waals surface area contributed by atoms with Gasteiger partial charge in [0.25, 0.3) is 0 Å². The largest absolute Gasteiger partial charge is 0.394 e. The highest BCUT2D eigenvalue weighted by atomic mass is 28.1. The van der Waals surface area contributed by atoms with Crippen molar-refractivity contribution < 1.29 is 5.11 Å². The number of aliphatic hydroxyl groups excluding tert-OH is 1. The fraction of sp³-hybridized carbons (Fsp3) is 1.00. The third-order valence-electron chi connectivity index (χ3n) is 0.591. The maximum absolute atomic E-state index is 8.40. The van der Waals surface area contributed by atoms with Gasteiger partial charge in [-0.05, 0) is 13.0 Å². The second-order valence-electron chi connectivity index (χ2n) is 1.26. The normalized spacial score (nSPS) is 15.6. The summed E-state index contributed by atoms with van der Waals surface area (Å²) in [6.45, 7) is 1.81. The fourth-order valence-electron chi connectivity index (χ4n) is 0. The molecule has 0 rings (SSSR count). The molecule has 5 heavy (non-hydrogen) atoms. The summed E-state index contributed by atoms with van der Waals surface area (Å²) in [6.07, 6.45) is -0.0540. The van der Waals surface area contributed by atoms with Gasteiger partial charge >= 0.3 is 0 Å². The van der Waals surface area contributed by atoms with Crippen LogP contribution >= 0.6 is 0 Å². The average molecular weight is 90.2 g/mol. The highest BCUT2D eigenvalue weighted by Gasteiger charge is 1.81. The summed E-state index contributed by atoms with van der Waals surface area (Å²) in [5.41, 5.74) is 0. The highest BCUT2D eigenvalue weighted by molar-refractivity contribution is 6.08. The molecule has 0 saturated carbocycles. The zero-order valence-electron chi connectivity index (χ0n) is 3.73. The van der Waals surface area contributed by atoms with Crippen LogP contribution in [-0.4, -0.2) is 21.5 Å². The van der Waals surface area contributed by atoms with E-state index >= 15 is 0 Å². The van der Waals surface area contributed by atoms with Gasteiger partial charge < -0.3 is 5.11 Å². The SMILES string of the molecule is CC(O)C[SiH3]. The first-order valence-electron chi connectivity index (χ1n) is 1.95. The summed E-state index contributed by atoms with van der Waals surface area (Å²) in [7, 11) is 1.12. The molecule has 0 bridgehead atoms. The molecule has 2 heteroatoms. The van der Waals surface area contributed by atoms with Gasteiger partial charge in [0.05, 0.1) is 0 Å². The van der Waals surface area contributed by atoms with Crippen LogP contribution in [0.25, 0.3) is 0 Å². The van der Waals surface area contributed by atoms with E-state index < -0.39 is 0 Å². The van der Waals surface area contributed by atoms with Gasteiger partial charge in [0.2, 0.25) is 0 Å². The van der Waals surface area contributed by atoms with Crippen molar-refractivity contribution in [3.05, 3.63) is 0 Å². The standard InChI is InChI=1S/C3H10OSi/c1-3(4)2-5/h3-4H,2H2,1,5H3. The molecule has 0 aliphatic rings. The van der Waals surface area contributed by atoms with Crippen molar-refractivity contribution in [2.45, 2.75) is 19.1 Å². The van der Waals surface area contributed by atoms with Crippen molar-refractivity contribution in [2.24, 2.45) is 0 Å². The first kappa shape index (κ1) is 5.18. The number of hydrogen-bond acceptors (Lipinski definition) is 1. The third kappa shape index (κ3) is 4.18. The lowest BCUT2D eigenvalue weighted by Gasteiger charge is -1.90. The quantitative estimate of drug-likeness (QED) is 0.416. The minimum atomic E-state index is -0.0540. The van der Waals surface area contributed by atoms with E-state index in [4.69, 9.17) is 5.11 Å². The third-order valence-corrected chi connectivity index (χ3v) is 1.77. The zero-order valence-corrected chi connectivity index (χ0v) is 5.73. The van der Waals surface area contributed by atoms with Crippen LogP contribution in [0.3, 0.4) is 0 Å². The van der Waals surface area contributed by atoms with E-state index in [9.17, 15) is 0 Å². The van der Waals surface area contributed by atoms with E-state index in [1.165, 1.54) is 0 Å². The lowest BCUT2D eigenvalue weighted by Crippen LogP contribution is -1.94. The lowest BCUT2D eigenvalue weighted by atomic mass is 10.5. The van der Waals surface area contributed by atoms with Crippen molar-refractivity contribution in [1.29, 1.82) is 0 Å². The monoisotopic (exact) mass is 90.1 g/mol. The van der Waals surface area contributed by atoms with E-state index in [0.717, 1.165) is 16.3 Å². The van der Waals surface area contributed by atoms with Crippen LogP contribution in [0.15, 0.2) is 0 Å². The van der Waals surface area contributed by atoms with E-state index in [-0.39, 0.29) is 6.10 Å². The topological polar surface area (TPSA) is 20.2 Å². The van der Waals surface area contributed by atoms with Crippen molar-refractivity contribution in [1.82, 2.24) is 0 Å². The molecule has 0 aromatic carbocycles. The zero-order chi connectivity index (χ0) is 4.28. The van der Waals surface area contributed by atoms with Gasteiger partial charge in [-0.3, -0.25) is 0 Å². The Kier molecular flexibility index (Phi) is 2.50. The molecule has 0 amide bonds. The minimum Gasteiger partial charge on any atom is -0.394 e. The molecule has 0 saturated heterocycles. The fourth-order valence-corrected chi connectivity index (χ4v) is 0. The Labute approximate surface area is 35.4 Å². The second kappa shape index (κ2) is 2.42. The maximum atomic E-state index is 8.40. The van der Waals surface area contributed by atoms with Gasteiger partial charge in [-0.15, -0.1) is 0 Å². The van der Waals surface area contributed by atoms with Crippen molar-refractivity contribution in [2.75, 3.05) is 0 Å². The van der Waals surface area contributed by atoms with Gasteiger partial charge in [-0.1, -0.05) is 0 Å². The summed E-state index contributed by atoms with van der Waals surface area (Å²) < 4.78 is 0. The van der Waals surface area contributed by atoms with Crippen molar-refractivity contribution in [3.8, 4) is 0 Å². The average Bonchev–Trinajstić information content (AvgIpc) is 1.38. The van der Waals surface area contributed by atoms with Crippen LogP contribution < -0.4 is 0 Å². The van der Waals surface area contributed by atoms with Crippen LogP contribution in [0, 0.1) is 0 Å². The molecule has 0 heterocycles. The second-order valence-corrected chi connectivity index (χ2v) is 2.07. The maximum Gasteiger partial charge on any atom is 0.0480 e. The summed E-state index contributed by atoms with van der Waals surface area (Å²) >= 11 is 0. The lowest BCUT2D eigenvalue weighted by molar-refractivity contribution is 0.216. The summed E-state index contributed by atoms with van der Waals surface area (Å²) in [4.78, 5) is 0. The smallest absolute Gasteiger partial charge is 0.0480 e. The van der Waals surface area contributed by atoms with Crippen molar-refractivity contribution >= 4 is 10.2 Å². The molecule has 0 spiro atoms. The van der Waals surface area contributed by atoms with Crippen LogP contribution in [0.1, 0.15) is 6.92 Å². The highest BCUT2D eigenvalue weighted by Crippen LogP contribution is 1.79. The van der Waals surface area contributed by atoms with E-state index in [2.05, 4.69) is 0 Å². The van der Waals surface area contributed by atoms with E-state index in [0.29, 0.717) is 0 Å². The molecule has 0 aliphatic heterocycles. The van der Waals surface area contributed by atoms with Gasteiger partial charge in [0, 0.05) is 16.3 Å². The predicted molar refractivity (Wildman–Crippen MR) is 26.4 cm³/mol.